The molecule has 0 bridgehead atoms. The summed E-state index contributed by atoms with van der Waals surface area (Å²) in [5.74, 6) is 1.35. The molecule has 1 heterocycles. The predicted molar refractivity (Wildman–Crippen MR) is 91.7 cm³/mol. The lowest BCUT2D eigenvalue weighted by molar-refractivity contribution is 0.339. The van der Waals surface area contributed by atoms with Gasteiger partial charge in [0.15, 0.2) is 0 Å². The Morgan fingerprint density at radius 2 is 2.10 bits per heavy atom. The summed E-state index contributed by atoms with van der Waals surface area (Å²) < 4.78 is 3.41. The van der Waals surface area contributed by atoms with Crippen molar-refractivity contribution in [2.45, 2.75) is 44.6 Å². The van der Waals surface area contributed by atoms with Crippen LogP contribution in [0.1, 0.15) is 43.7 Å². The lowest BCUT2D eigenvalue weighted by Crippen LogP contribution is -2.27. The van der Waals surface area contributed by atoms with Crippen LogP contribution in [0, 0.1) is 5.92 Å². The molecular weight excluding hydrogens is 328 g/mol. The van der Waals surface area contributed by atoms with Gasteiger partial charge in [-0.15, -0.1) is 0 Å². The Labute approximate surface area is 137 Å². The summed E-state index contributed by atoms with van der Waals surface area (Å²) in [6.07, 6.45) is 8.68. The van der Waals surface area contributed by atoms with Crippen LogP contribution in [0.2, 0.25) is 0 Å². The number of hydrogen-bond acceptors (Lipinski definition) is 3. The average Bonchev–Trinajstić information content (AvgIpc) is 2.66. The van der Waals surface area contributed by atoms with E-state index in [4.69, 9.17) is 0 Å². The van der Waals surface area contributed by atoms with Crippen molar-refractivity contribution in [3.05, 3.63) is 16.4 Å². The zero-order chi connectivity index (χ0) is 15.2. The highest BCUT2D eigenvalue weighted by atomic mass is 79.9. The monoisotopic (exact) mass is 356 g/mol. The van der Waals surface area contributed by atoms with Gasteiger partial charge < -0.3 is 10.2 Å². The van der Waals surface area contributed by atoms with E-state index >= 15 is 0 Å². The van der Waals surface area contributed by atoms with Gasteiger partial charge in [-0.25, -0.2) is 0 Å². The van der Waals surface area contributed by atoms with E-state index in [1.54, 1.807) is 0 Å². The third kappa shape index (κ3) is 4.54. The Balaban J connectivity index is 2.21. The van der Waals surface area contributed by atoms with Gasteiger partial charge in [-0.1, -0.05) is 19.3 Å². The van der Waals surface area contributed by atoms with Gasteiger partial charge in [-0.05, 0) is 62.4 Å². The van der Waals surface area contributed by atoms with Crippen LogP contribution < -0.4 is 5.32 Å². The molecule has 1 aliphatic rings. The smallest absolute Gasteiger partial charge is 0.0635 e. The van der Waals surface area contributed by atoms with Crippen molar-refractivity contribution in [1.82, 2.24) is 20.0 Å². The second kappa shape index (κ2) is 8.30. The normalized spacial score (nSPS) is 23.5. The van der Waals surface area contributed by atoms with E-state index in [1.807, 2.05) is 6.20 Å². The molecule has 120 valence electrons. The molecule has 0 radical (unpaired) electrons. The Kier molecular flexibility index (Phi) is 6.71. The lowest BCUT2D eigenvalue weighted by atomic mass is 9.85. The Morgan fingerprint density at radius 3 is 2.81 bits per heavy atom. The molecule has 0 aromatic carbocycles. The molecule has 21 heavy (non-hydrogen) atoms. The van der Waals surface area contributed by atoms with E-state index < -0.39 is 0 Å². The summed E-state index contributed by atoms with van der Waals surface area (Å²) in [5.41, 5.74) is 1.42. The van der Waals surface area contributed by atoms with Crippen molar-refractivity contribution in [3.63, 3.8) is 0 Å². The number of hydrogen-bond donors (Lipinski definition) is 1. The quantitative estimate of drug-likeness (QED) is 0.795. The molecule has 0 saturated heterocycles. The van der Waals surface area contributed by atoms with E-state index in [2.05, 4.69) is 57.1 Å². The van der Waals surface area contributed by atoms with Crippen LogP contribution in [0.3, 0.4) is 0 Å². The van der Waals surface area contributed by atoms with E-state index in [0.717, 1.165) is 25.6 Å². The third-order valence-electron chi connectivity index (χ3n) is 4.57. The maximum Gasteiger partial charge on any atom is 0.0635 e. The van der Waals surface area contributed by atoms with E-state index in [0.29, 0.717) is 5.92 Å². The summed E-state index contributed by atoms with van der Waals surface area (Å²) in [7, 11) is 6.31. The molecule has 0 aliphatic heterocycles. The maximum absolute atomic E-state index is 4.61. The van der Waals surface area contributed by atoms with Crippen molar-refractivity contribution in [2.75, 3.05) is 34.2 Å². The number of nitrogens with one attached hydrogen (secondary N) is 1. The standard InChI is InChI=1S/C16H29BrN4/c1-18-11-13-7-5-4-6-8-14(13)16-15(17)12-19-21(16)10-9-20(2)3/h12-14,18H,4-11H2,1-3H3. The lowest BCUT2D eigenvalue weighted by Gasteiger charge is -2.26. The first-order chi connectivity index (χ1) is 10.1. The summed E-state index contributed by atoms with van der Waals surface area (Å²) in [4.78, 5) is 2.22. The van der Waals surface area contributed by atoms with E-state index in [-0.39, 0.29) is 0 Å². The third-order valence-corrected chi connectivity index (χ3v) is 5.18. The second-order valence-corrected chi connectivity index (χ2v) is 7.32. The summed E-state index contributed by atoms with van der Waals surface area (Å²) in [6.45, 7) is 3.11. The fourth-order valence-corrected chi connectivity index (χ4v) is 4.05. The highest BCUT2D eigenvalue weighted by molar-refractivity contribution is 9.10. The zero-order valence-electron chi connectivity index (χ0n) is 13.6. The number of halogens is 1. The van der Waals surface area contributed by atoms with Crippen LogP contribution in [-0.4, -0.2) is 48.9 Å². The zero-order valence-corrected chi connectivity index (χ0v) is 15.2. The summed E-state index contributed by atoms with van der Waals surface area (Å²) in [6, 6.07) is 0. The van der Waals surface area contributed by atoms with Crippen molar-refractivity contribution in [1.29, 1.82) is 0 Å². The van der Waals surface area contributed by atoms with E-state index in [1.165, 1.54) is 42.3 Å². The van der Waals surface area contributed by atoms with Gasteiger partial charge in [0.2, 0.25) is 0 Å². The number of nitrogens with zero attached hydrogens (tertiary/aromatic N) is 3. The Morgan fingerprint density at radius 1 is 1.33 bits per heavy atom. The molecule has 0 spiro atoms. The fourth-order valence-electron chi connectivity index (χ4n) is 3.46. The summed E-state index contributed by atoms with van der Waals surface area (Å²) in [5, 5.41) is 8.00. The minimum absolute atomic E-state index is 0.624. The van der Waals surface area contributed by atoms with Gasteiger partial charge in [0.05, 0.1) is 22.9 Å². The number of rotatable bonds is 6. The van der Waals surface area contributed by atoms with Gasteiger partial charge >= 0.3 is 0 Å². The van der Waals surface area contributed by atoms with Gasteiger partial charge in [-0.2, -0.15) is 5.10 Å². The van der Waals surface area contributed by atoms with Crippen LogP contribution >= 0.6 is 15.9 Å². The van der Waals surface area contributed by atoms with Gasteiger partial charge in [0.25, 0.3) is 0 Å². The van der Waals surface area contributed by atoms with Crippen LogP contribution in [0.25, 0.3) is 0 Å². The van der Waals surface area contributed by atoms with Crippen molar-refractivity contribution >= 4 is 15.9 Å². The molecule has 4 nitrogen and oxygen atoms in total. The van der Waals surface area contributed by atoms with Crippen LogP contribution in [-0.2, 0) is 6.54 Å². The highest BCUT2D eigenvalue weighted by Crippen LogP contribution is 2.39. The van der Waals surface area contributed by atoms with Gasteiger partial charge in [0, 0.05) is 12.5 Å². The molecule has 2 unspecified atom stereocenters. The first-order valence-corrected chi connectivity index (χ1v) is 8.93. The van der Waals surface area contributed by atoms with Crippen LogP contribution in [0.5, 0.6) is 0 Å². The molecule has 1 aromatic heterocycles. The Hall–Kier alpha value is -0.390. The maximum atomic E-state index is 4.61. The van der Waals surface area contributed by atoms with Crippen LogP contribution in [0.15, 0.2) is 10.7 Å². The molecule has 1 aromatic rings. The van der Waals surface area contributed by atoms with Gasteiger partial charge in [0.1, 0.15) is 0 Å². The first kappa shape index (κ1) is 17.0. The molecular formula is C16H29BrN4. The second-order valence-electron chi connectivity index (χ2n) is 6.47. The number of aromatic nitrogens is 2. The van der Waals surface area contributed by atoms with E-state index in [9.17, 15) is 0 Å². The van der Waals surface area contributed by atoms with Crippen molar-refractivity contribution < 1.29 is 0 Å². The van der Waals surface area contributed by atoms with Crippen LogP contribution in [0.4, 0.5) is 0 Å². The molecule has 1 aliphatic carbocycles. The fraction of sp³-hybridized carbons (Fsp3) is 0.812. The van der Waals surface area contributed by atoms with Crippen molar-refractivity contribution in [3.8, 4) is 0 Å². The first-order valence-electron chi connectivity index (χ1n) is 8.14. The largest absolute Gasteiger partial charge is 0.319 e. The molecule has 1 fully saturated rings. The summed E-state index contributed by atoms with van der Waals surface area (Å²) >= 11 is 3.75. The Bertz CT molecular complexity index is 430. The molecule has 5 heteroatoms. The highest BCUT2D eigenvalue weighted by Gasteiger charge is 2.29. The minimum atomic E-state index is 0.624. The average molecular weight is 357 g/mol. The topological polar surface area (TPSA) is 33.1 Å². The molecule has 1 N–H and O–H groups in total. The SMILES string of the molecule is CNCC1CCCCCC1c1c(Br)cnn1CCN(C)C. The molecule has 1 saturated carbocycles. The van der Waals surface area contributed by atoms with Crippen molar-refractivity contribution in [2.24, 2.45) is 5.92 Å². The number of likely N-dealkylation sites (N-methyl/N-ethyl adjacent to an activating group) is 1. The minimum Gasteiger partial charge on any atom is -0.319 e. The predicted octanol–water partition coefficient (Wildman–Crippen LogP) is 3.09. The van der Waals surface area contributed by atoms with Gasteiger partial charge in [-0.3, -0.25) is 4.68 Å². The molecule has 2 atom stereocenters. The molecule has 0 amide bonds. The molecule has 2 rings (SSSR count).